The summed E-state index contributed by atoms with van der Waals surface area (Å²) in [5.41, 5.74) is 5.43. The van der Waals surface area contributed by atoms with Crippen LogP contribution in [-0.4, -0.2) is 14.8 Å². The van der Waals surface area contributed by atoms with Crippen molar-refractivity contribution in [3.63, 3.8) is 0 Å². The van der Waals surface area contributed by atoms with Crippen LogP contribution in [0.1, 0.15) is 12.5 Å². The quantitative estimate of drug-likeness (QED) is 0.876. The van der Waals surface area contributed by atoms with Crippen molar-refractivity contribution in [3.05, 3.63) is 41.7 Å². The number of halogens is 2. The Bertz CT molecular complexity index is 604. The maximum absolute atomic E-state index is 13.7. The van der Waals surface area contributed by atoms with Crippen molar-refractivity contribution in [2.75, 3.05) is 0 Å². The van der Waals surface area contributed by atoms with Crippen LogP contribution in [0.3, 0.4) is 0 Å². The van der Waals surface area contributed by atoms with Crippen LogP contribution in [0.2, 0.25) is 0 Å². The van der Waals surface area contributed by atoms with Crippen molar-refractivity contribution < 1.29 is 13.5 Å². The fraction of sp³-hybridized carbons (Fsp3) is 0.167. The Morgan fingerprint density at radius 1 is 1.42 bits per heavy atom. The highest BCUT2D eigenvalue weighted by Gasteiger charge is 2.15. The second-order valence-corrected chi connectivity index (χ2v) is 4.21. The second-order valence-electron chi connectivity index (χ2n) is 3.77. The summed E-state index contributed by atoms with van der Waals surface area (Å²) in [4.78, 5) is -0.0804. The number of hydrogen-bond acceptors (Lipinski definition) is 3. The summed E-state index contributed by atoms with van der Waals surface area (Å²) in [7, 11) is 0. The zero-order valence-electron chi connectivity index (χ0n) is 10.1. The summed E-state index contributed by atoms with van der Waals surface area (Å²) in [5.74, 6) is -1.99. The molecule has 0 saturated carbocycles. The molecule has 2 aromatic rings. The van der Waals surface area contributed by atoms with Crippen molar-refractivity contribution in [1.82, 2.24) is 9.78 Å². The molecule has 100 valence electrons. The minimum atomic E-state index is -0.868. The number of nitrogens with two attached hydrogens (primary N) is 1. The molecule has 0 aliphatic heterocycles. The maximum Gasteiger partial charge on any atom is 0.198 e. The minimum Gasteiger partial charge on any atom is -0.448 e. The van der Waals surface area contributed by atoms with E-state index in [-0.39, 0.29) is 16.3 Å². The summed E-state index contributed by atoms with van der Waals surface area (Å²) in [6.45, 7) is 2.52. The molecule has 0 spiro atoms. The Morgan fingerprint density at radius 2 is 2.05 bits per heavy atom. The molecule has 0 radical (unpaired) electrons. The van der Waals surface area contributed by atoms with Gasteiger partial charge in [-0.25, -0.2) is 8.78 Å². The van der Waals surface area contributed by atoms with Crippen LogP contribution in [0.5, 0.6) is 11.5 Å². The lowest BCUT2D eigenvalue weighted by Gasteiger charge is -2.07. The molecule has 1 aromatic carbocycles. The van der Waals surface area contributed by atoms with Crippen molar-refractivity contribution in [2.24, 2.45) is 5.73 Å². The summed E-state index contributed by atoms with van der Waals surface area (Å²) in [6, 6.07) is 2.07. The van der Waals surface area contributed by atoms with Gasteiger partial charge in [-0.2, -0.15) is 5.10 Å². The molecular weight excluding hydrogens is 272 g/mol. The van der Waals surface area contributed by atoms with Crippen LogP contribution < -0.4 is 10.5 Å². The molecule has 0 fully saturated rings. The van der Waals surface area contributed by atoms with E-state index >= 15 is 0 Å². The number of aryl methyl sites for hydroxylation is 1. The third-order valence-electron chi connectivity index (χ3n) is 2.44. The number of rotatable bonds is 4. The van der Waals surface area contributed by atoms with Crippen molar-refractivity contribution in [3.8, 4) is 11.5 Å². The third-order valence-corrected chi connectivity index (χ3v) is 2.67. The molecule has 7 heteroatoms. The van der Waals surface area contributed by atoms with Gasteiger partial charge in [0.05, 0.1) is 12.4 Å². The third kappa shape index (κ3) is 2.87. The minimum absolute atomic E-state index is 0.0804. The molecule has 19 heavy (non-hydrogen) atoms. The molecule has 0 amide bonds. The normalized spacial score (nSPS) is 10.5. The van der Waals surface area contributed by atoms with Crippen molar-refractivity contribution in [1.29, 1.82) is 0 Å². The Balaban J connectivity index is 2.32. The smallest absolute Gasteiger partial charge is 0.198 e. The molecule has 0 aliphatic carbocycles. The molecular formula is C12H11F2N3OS. The number of benzene rings is 1. The fourth-order valence-corrected chi connectivity index (χ4v) is 1.61. The van der Waals surface area contributed by atoms with E-state index in [0.717, 1.165) is 12.1 Å². The van der Waals surface area contributed by atoms with E-state index in [9.17, 15) is 8.78 Å². The Morgan fingerprint density at radius 3 is 2.53 bits per heavy atom. The molecule has 0 aliphatic rings. The first-order valence-corrected chi connectivity index (χ1v) is 5.91. The summed E-state index contributed by atoms with van der Waals surface area (Å²) in [6.07, 6.45) is 2.92. The second kappa shape index (κ2) is 5.31. The molecule has 0 atom stereocenters. The van der Waals surface area contributed by atoms with Gasteiger partial charge in [-0.05, 0) is 19.1 Å². The van der Waals surface area contributed by atoms with Crippen LogP contribution in [0.4, 0.5) is 8.78 Å². The van der Waals surface area contributed by atoms with E-state index in [4.69, 9.17) is 10.5 Å². The molecule has 1 heterocycles. The Hall–Kier alpha value is -2.02. The molecule has 4 nitrogen and oxygen atoms in total. The molecule has 0 saturated heterocycles. The van der Waals surface area contributed by atoms with Gasteiger partial charge in [0.25, 0.3) is 0 Å². The SMILES string of the molecule is CCn1cc(Oc2c(F)cc(C(N)=S)cc2F)cn1. The van der Waals surface area contributed by atoms with Gasteiger partial charge in [0.15, 0.2) is 23.1 Å². The van der Waals surface area contributed by atoms with E-state index in [0.29, 0.717) is 6.54 Å². The highest BCUT2D eigenvalue weighted by molar-refractivity contribution is 7.80. The summed E-state index contributed by atoms with van der Waals surface area (Å²) < 4.78 is 34.2. The van der Waals surface area contributed by atoms with E-state index in [2.05, 4.69) is 17.3 Å². The number of hydrogen-bond donors (Lipinski definition) is 1. The van der Waals surface area contributed by atoms with Gasteiger partial charge in [0.2, 0.25) is 0 Å². The average Bonchev–Trinajstić information content (AvgIpc) is 2.81. The fourth-order valence-electron chi connectivity index (χ4n) is 1.49. The first kappa shape index (κ1) is 13.4. The summed E-state index contributed by atoms with van der Waals surface area (Å²) in [5, 5.41) is 3.94. The molecule has 1 aromatic heterocycles. The maximum atomic E-state index is 13.7. The Kier molecular flexibility index (Phi) is 3.75. The standard InChI is InChI=1S/C12H11F2N3OS/c1-2-17-6-8(5-16-17)18-11-9(13)3-7(12(15)19)4-10(11)14/h3-6H,2H2,1H3,(H2,15,19). The van der Waals surface area contributed by atoms with E-state index in [1.807, 2.05) is 6.92 Å². The zero-order chi connectivity index (χ0) is 14.0. The Labute approximate surface area is 113 Å². The average molecular weight is 283 g/mol. The van der Waals surface area contributed by atoms with Gasteiger partial charge < -0.3 is 10.5 Å². The lowest BCUT2D eigenvalue weighted by Crippen LogP contribution is -2.10. The van der Waals surface area contributed by atoms with Crippen LogP contribution in [-0.2, 0) is 6.54 Å². The van der Waals surface area contributed by atoms with Gasteiger partial charge in [0.1, 0.15) is 4.99 Å². The van der Waals surface area contributed by atoms with Crippen molar-refractivity contribution >= 4 is 17.2 Å². The highest BCUT2D eigenvalue weighted by Crippen LogP contribution is 2.28. The number of thiocarbonyl (C=S) groups is 1. The molecule has 2 rings (SSSR count). The van der Waals surface area contributed by atoms with Crippen molar-refractivity contribution in [2.45, 2.75) is 13.5 Å². The van der Waals surface area contributed by atoms with Gasteiger partial charge in [-0.1, -0.05) is 12.2 Å². The predicted molar refractivity (Wildman–Crippen MR) is 70.2 cm³/mol. The van der Waals surface area contributed by atoms with E-state index < -0.39 is 17.4 Å². The van der Waals surface area contributed by atoms with Gasteiger partial charge in [-0.3, -0.25) is 4.68 Å². The largest absolute Gasteiger partial charge is 0.448 e. The number of nitrogens with zero attached hydrogens (tertiary/aromatic N) is 2. The van der Waals surface area contributed by atoms with Crippen LogP contribution >= 0.6 is 12.2 Å². The number of aromatic nitrogens is 2. The van der Waals surface area contributed by atoms with Crippen LogP contribution in [0.25, 0.3) is 0 Å². The monoisotopic (exact) mass is 283 g/mol. The lowest BCUT2D eigenvalue weighted by molar-refractivity contribution is 0.407. The van der Waals surface area contributed by atoms with E-state index in [1.165, 1.54) is 6.20 Å². The lowest BCUT2D eigenvalue weighted by atomic mass is 10.2. The molecule has 2 N–H and O–H groups in total. The first-order valence-electron chi connectivity index (χ1n) is 5.50. The summed E-state index contributed by atoms with van der Waals surface area (Å²) >= 11 is 4.66. The van der Waals surface area contributed by atoms with Gasteiger partial charge in [-0.15, -0.1) is 0 Å². The van der Waals surface area contributed by atoms with Crippen LogP contribution in [0.15, 0.2) is 24.5 Å². The first-order chi connectivity index (χ1) is 9.01. The highest BCUT2D eigenvalue weighted by atomic mass is 32.1. The van der Waals surface area contributed by atoms with E-state index in [1.54, 1.807) is 10.9 Å². The topological polar surface area (TPSA) is 53.1 Å². The van der Waals surface area contributed by atoms with Crippen LogP contribution in [0, 0.1) is 11.6 Å². The zero-order valence-corrected chi connectivity index (χ0v) is 10.9. The number of ether oxygens (including phenoxy) is 1. The molecule has 0 bridgehead atoms. The predicted octanol–water partition coefficient (Wildman–Crippen LogP) is 2.61. The molecule has 0 unspecified atom stereocenters. The van der Waals surface area contributed by atoms with Gasteiger partial charge >= 0.3 is 0 Å². The van der Waals surface area contributed by atoms with Gasteiger partial charge in [0, 0.05) is 12.1 Å².